The monoisotopic (exact) mass is 387 g/mol. The van der Waals surface area contributed by atoms with Gasteiger partial charge in [0.15, 0.2) is 0 Å². The van der Waals surface area contributed by atoms with Gasteiger partial charge in [-0.25, -0.2) is 4.98 Å². The van der Waals surface area contributed by atoms with Crippen molar-refractivity contribution in [3.63, 3.8) is 0 Å². The van der Waals surface area contributed by atoms with Crippen molar-refractivity contribution in [2.45, 2.75) is 33.7 Å². The zero-order chi connectivity index (χ0) is 19.4. The van der Waals surface area contributed by atoms with Crippen LogP contribution in [0.25, 0.3) is 11.0 Å². The number of carbonyl (C=O) groups is 1. The van der Waals surface area contributed by atoms with Crippen LogP contribution in [-0.2, 0) is 17.7 Å². The van der Waals surface area contributed by atoms with Crippen LogP contribution in [0.5, 0.6) is 0 Å². The van der Waals surface area contributed by atoms with Gasteiger partial charge in [-0.2, -0.15) is 0 Å². The van der Waals surface area contributed by atoms with Crippen LogP contribution in [0.4, 0.5) is 5.13 Å². The molecule has 1 amide bonds. The Balaban J connectivity index is 1.87. The lowest BCUT2D eigenvalue weighted by atomic mass is 10.1. The second-order valence-electron chi connectivity index (χ2n) is 5.88. The summed E-state index contributed by atoms with van der Waals surface area (Å²) in [5, 5.41) is 12.2. The molecule has 0 aliphatic rings. The number of hydrogen-bond acceptors (Lipinski definition) is 7. The summed E-state index contributed by atoms with van der Waals surface area (Å²) in [6, 6.07) is 3.47. The third-order valence-electron chi connectivity index (χ3n) is 4.00. The number of pyridine rings is 2. The summed E-state index contributed by atoms with van der Waals surface area (Å²) >= 11 is 1.27. The van der Waals surface area contributed by atoms with E-state index in [1.54, 1.807) is 22.9 Å². The molecule has 0 aliphatic heterocycles. The van der Waals surface area contributed by atoms with Gasteiger partial charge in [0.2, 0.25) is 10.6 Å². The number of carbonyl (C=O) groups excluding carboxylic acids is 1. The largest absolute Gasteiger partial charge is 0.381 e. The standard InChI is InChI=1S/C18H21N5O3S/c1-4-23-10-13(15(24)12-7-6-11(3)19-16(12)23)17(25)20-18-22-21-14(27-18)8-9-26-5-2/h6-7,10H,4-5,8-9H2,1-3H3,(H,20,22,25). The first-order valence-corrected chi connectivity index (χ1v) is 9.57. The van der Waals surface area contributed by atoms with Crippen molar-refractivity contribution >= 4 is 33.4 Å². The molecule has 0 saturated heterocycles. The minimum Gasteiger partial charge on any atom is -0.381 e. The molecule has 0 spiro atoms. The molecule has 0 aliphatic carbocycles. The van der Waals surface area contributed by atoms with Crippen LogP contribution >= 0.6 is 11.3 Å². The highest BCUT2D eigenvalue weighted by molar-refractivity contribution is 7.15. The molecule has 1 N–H and O–H groups in total. The lowest BCUT2D eigenvalue weighted by Gasteiger charge is -2.10. The summed E-state index contributed by atoms with van der Waals surface area (Å²) < 4.78 is 7.09. The SMILES string of the molecule is CCOCCc1nnc(NC(=O)c2cn(CC)c3nc(C)ccc3c2=O)s1. The van der Waals surface area contributed by atoms with Gasteiger partial charge in [-0.15, -0.1) is 10.2 Å². The molecule has 27 heavy (non-hydrogen) atoms. The molecule has 3 aromatic heterocycles. The fourth-order valence-corrected chi connectivity index (χ4v) is 3.35. The highest BCUT2D eigenvalue weighted by atomic mass is 32.1. The maximum Gasteiger partial charge on any atom is 0.262 e. The Bertz CT molecular complexity index is 1030. The van der Waals surface area contributed by atoms with Gasteiger partial charge < -0.3 is 9.30 Å². The van der Waals surface area contributed by atoms with E-state index in [2.05, 4.69) is 20.5 Å². The second-order valence-corrected chi connectivity index (χ2v) is 6.95. The molecular formula is C18H21N5O3S. The van der Waals surface area contributed by atoms with E-state index < -0.39 is 5.91 Å². The van der Waals surface area contributed by atoms with Crippen LogP contribution in [-0.4, -0.2) is 38.9 Å². The zero-order valence-electron chi connectivity index (χ0n) is 15.5. The number of aromatic nitrogens is 4. The normalized spacial score (nSPS) is 11.1. The van der Waals surface area contributed by atoms with Crippen LogP contribution in [0, 0.1) is 6.92 Å². The summed E-state index contributed by atoms with van der Waals surface area (Å²) in [6.45, 7) is 7.51. The molecule has 0 fully saturated rings. The van der Waals surface area contributed by atoms with Crippen LogP contribution in [0.1, 0.15) is 34.9 Å². The fourth-order valence-electron chi connectivity index (χ4n) is 2.64. The third-order valence-corrected chi connectivity index (χ3v) is 4.90. The highest BCUT2D eigenvalue weighted by Crippen LogP contribution is 2.17. The maximum atomic E-state index is 12.8. The second kappa shape index (κ2) is 8.36. The van der Waals surface area contributed by atoms with E-state index in [-0.39, 0.29) is 11.0 Å². The first-order chi connectivity index (χ1) is 13.0. The number of hydrogen-bond donors (Lipinski definition) is 1. The lowest BCUT2D eigenvalue weighted by molar-refractivity contribution is 0.102. The Morgan fingerprint density at radius 2 is 2.11 bits per heavy atom. The molecule has 8 nitrogen and oxygen atoms in total. The van der Waals surface area contributed by atoms with Crippen LogP contribution < -0.4 is 10.7 Å². The van der Waals surface area contributed by atoms with E-state index in [9.17, 15) is 9.59 Å². The van der Waals surface area contributed by atoms with E-state index in [0.717, 1.165) is 10.7 Å². The molecule has 142 valence electrons. The Kier molecular flexibility index (Phi) is 5.92. The number of nitrogens with one attached hydrogen (secondary N) is 1. The van der Waals surface area contributed by atoms with Gasteiger partial charge in [0, 0.05) is 31.5 Å². The summed E-state index contributed by atoms with van der Waals surface area (Å²) in [6.07, 6.45) is 2.18. The van der Waals surface area contributed by atoms with Crippen molar-refractivity contribution in [1.29, 1.82) is 0 Å². The minimum absolute atomic E-state index is 0.0565. The van der Waals surface area contributed by atoms with Crippen molar-refractivity contribution in [2.24, 2.45) is 0 Å². The van der Waals surface area contributed by atoms with Crippen LogP contribution in [0.15, 0.2) is 23.1 Å². The molecule has 0 bridgehead atoms. The fraction of sp³-hybridized carbons (Fsp3) is 0.389. The van der Waals surface area contributed by atoms with Crippen molar-refractivity contribution in [2.75, 3.05) is 18.5 Å². The van der Waals surface area contributed by atoms with E-state index in [1.165, 1.54) is 11.3 Å². The van der Waals surface area contributed by atoms with Gasteiger partial charge >= 0.3 is 0 Å². The molecule has 0 radical (unpaired) electrons. The van der Waals surface area contributed by atoms with Crippen LogP contribution in [0.3, 0.4) is 0 Å². The lowest BCUT2D eigenvalue weighted by Crippen LogP contribution is -2.24. The van der Waals surface area contributed by atoms with Gasteiger partial charge in [-0.1, -0.05) is 11.3 Å². The van der Waals surface area contributed by atoms with Crippen molar-refractivity contribution < 1.29 is 9.53 Å². The summed E-state index contributed by atoms with van der Waals surface area (Å²) in [4.78, 5) is 29.8. The minimum atomic E-state index is -0.503. The predicted octanol–water partition coefficient (Wildman–Crippen LogP) is 2.41. The molecular weight excluding hydrogens is 366 g/mol. The molecule has 0 aromatic carbocycles. The molecule has 9 heteroatoms. The van der Waals surface area contributed by atoms with E-state index in [4.69, 9.17) is 4.74 Å². The number of rotatable bonds is 7. The summed E-state index contributed by atoms with van der Waals surface area (Å²) in [5.41, 5.74) is 1.10. The first kappa shape index (κ1) is 19.1. The van der Waals surface area contributed by atoms with E-state index in [0.29, 0.717) is 42.3 Å². The number of anilines is 1. The quantitative estimate of drug-likeness (QED) is 0.625. The zero-order valence-corrected chi connectivity index (χ0v) is 16.3. The first-order valence-electron chi connectivity index (χ1n) is 8.75. The van der Waals surface area contributed by atoms with Gasteiger partial charge in [0.25, 0.3) is 5.91 Å². The highest BCUT2D eigenvalue weighted by Gasteiger charge is 2.17. The Hall–Kier alpha value is -2.65. The van der Waals surface area contributed by atoms with Gasteiger partial charge in [0.1, 0.15) is 16.2 Å². The summed E-state index contributed by atoms with van der Waals surface area (Å²) in [7, 11) is 0. The topological polar surface area (TPSA) is 99.0 Å². The molecule has 0 unspecified atom stereocenters. The average Bonchev–Trinajstić information content (AvgIpc) is 3.09. The third kappa shape index (κ3) is 4.20. The van der Waals surface area contributed by atoms with Crippen LogP contribution in [0.2, 0.25) is 0 Å². The average molecular weight is 387 g/mol. The molecule has 0 saturated carbocycles. The van der Waals surface area contributed by atoms with E-state index in [1.807, 2.05) is 20.8 Å². The number of amides is 1. The van der Waals surface area contributed by atoms with E-state index >= 15 is 0 Å². The smallest absolute Gasteiger partial charge is 0.262 e. The Morgan fingerprint density at radius 1 is 1.30 bits per heavy atom. The maximum absolute atomic E-state index is 12.8. The number of nitrogens with zero attached hydrogens (tertiary/aromatic N) is 4. The van der Waals surface area contributed by atoms with Crippen molar-refractivity contribution in [3.05, 3.63) is 44.8 Å². The molecule has 3 heterocycles. The molecule has 3 rings (SSSR count). The Morgan fingerprint density at radius 3 is 2.85 bits per heavy atom. The number of ether oxygens (including phenoxy) is 1. The number of fused-ring (bicyclic) bond motifs is 1. The van der Waals surface area contributed by atoms with Gasteiger partial charge in [0.05, 0.1) is 12.0 Å². The molecule has 0 atom stereocenters. The molecule has 3 aromatic rings. The number of aryl methyl sites for hydroxylation is 2. The van der Waals surface area contributed by atoms with Gasteiger partial charge in [-0.3, -0.25) is 14.9 Å². The van der Waals surface area contributed by atoms with Gasteiger partial charge in [-0.05, 0) is 32.9 Å². The van der Waals surface area contributed by atoms with Crippen molar-refractivity contribution in [3.8, 4) is 0 Å². The summed E-state index contributed by atoms with van der Waals surface area (Å²) in [5.74, 6) is -0.503. The predicted molar refractivity (Wildman–Crippen MR) is 104 cm³/mol. The van der Waals surface area contributed by atoms with Crippen molar-refractivity contribution in [1.82, 2.24) is 19.7 Å². The Labute approximate surface area is 160 Å².